The Balaban J connectivity index is 1.55. The first-order chi connectivity index (χ1) is 8.77. The maximum atomic E-state index is 6.06. The van der Waals surface area contributed by atoms with E-state index in [1.807, 2.05) is 19.4 Å². The van der Waals surface area contributed by atoms with Crippen molar-refractivity contribution in [3.05, 3.63) is 18.2 Å². The van der Waals surface area contributed by atoms with E-state index in [-0.39, 0.29) is 5.60 Å². The van der Waals surface area contributed by atoms with Crippen molar-refractivity contribution >= 4 is 0 Å². The Bertz CT molecular complexity index is 395. The summed E-state index contributed by atoms with van der Waals surface area (Å²) in [4.78, 5) is 4.36. The molecule has 18 heavy (non-hydrogen) atoms. The Labute approximate surface area is 109 Å². The largest absolute Gasteiger partial charge is 0.375 e. The van der Waals surface area contributed by atoms with Crippen LogP contribution >= 0.6 is 0 Å². The number of hydrogen-bond acceptors (Lipinski definition) is 3. The van der Waals surface area contributed by atoms with Gasteiger partial charge in [-0.05, 0) is 25.7 Å². The van der Waals surface area contributed by atoms with Crippen molar-refractivity contribution in [3.8, 4) is 0 Å². The van der Waals surface area contributed by atoms with E-state index in [0.29, 0.717) is 6.04 Å². The number of nitrogens with one attached hydrogen (secondary N) is 1. The first-order valence-corrected chi connectivity index (χ1v) is 7.11. The molecular formula is C14H23N3O. The third-order valence-electron chi connectivity index (χ3n) is 4.48. The Morgan fingerprint density at radius 1 is 1.50 bits per heavy atom. The molecule has 1 aromatic heterocycles. The number of aromatic nitrogens is 2. The van der Waals surface area contributed by atoms with E-state index in [1.54, 1.807) is 0 Å². The highest BCUT2D eigenvalue weighted by atomic mass is 16.5. The number of ether oxygens (including phenoxy) is 1. The van der Waals surface area contributed by atoms with Gasteiger partial charge >= 0.3 is 0 Å². The fourth-order valence-corrected chi connectivity index (χ4v) is 3.37. The van der Waals surface area contributed by atoms with Crippen LogP contribution in [0.1, 0.15) is 44.3 Å². The van der Waals surface area contributed by atoms with E-state index in [2.05, 4.69) is 14.9 Å². The Hall–Kier alpha value is -0.870. The van der Waals surface area contributed by atoms with Crippen molar-refractivity contribution in [2.45, 2.75) is 56.7 Å². The number of hydrogen-bond donors (Lipinski definition) is 1. The summed E-state index contributed by atoms with van der Waals surface area (Å²) in [7, 11) is 2.05. The summed E-state index contributed by atoms with van der Waals surface area (Å²) in [5, 5.41) is 3.65. The monoisotopic (exact) mass is 249 g/mol. The van der Waals surface area contributed by atoms with Gasteiger partial charge in [-0.15, -0.1) is 0 Å². The molecule has 1 spiro atoms. The van der Waals surface area contributed by atoms with Gasteiger partial charge in [0.15, 0.2) is 0 Å². The highest BCUT2D eigenvalue weighted by molar-refractivity contribution is 4.95. The zero-order chi connectivity index (χ0) is 12.4. The van der Waals surface area contributed by atoms with Crippen molar-refractivity contribution in [2.24, 2.45) is 7.05 Å². The fraction of sp³-hybridized carbons (Fsp3) is 0.786. The molecule has 0 amide bonds. The van der Waals surface area contributed by atoms with Gasteiger partial charge in [0.1, 0.15) is 5.82 Å². The van der Waals surface area contributed by atoms with Crippen molar-refractivity contribution < 1.29 is 4.74 Å². The van der Waals surface area contributed by atoms with Gasteiger partial charge in [0.2, 0.25) is 0 Å². The van der Waals surface area contributed by atoms with Gasteiger partial charge in [0.05, 0.1) is 12.1 Å². The average molecular weight is 249 g/mol. The second kappa shape index (κ2) is 5.02. The molecule has 1 aliphatic heterocycles. The number of imidazole rings is 1. The van der Waals surface area contributed by atoms with Gasteiger partial charge in [0, 0.05) is 32.1 Å². The standard InChI is InChI=1S/C14H23N3O/c1-17-8-7-15-13(17)11-16-12-4-9-18-14(10-12)5-2-3-6-14/h7-8,12,16H,2-6,9-11H2,1H3. The molecule has 1 saturated carbocycles. The minimum absolute atomic E-state index is 0.206. The zero-order valence-corrected chi connectivity index (χ0v) is 11.2. The van der Waals surface area contributed by atoms with Gasteiger partial charge in [-0.2, -0.15) is 0 Å². The van der Waals surface area contributed by atoms with Crippen LogP contribution in [0, 0.1) is 0 Å². The number of rotatable bonds is 3. The SMILES string of the molecule is Cn1ccnc1CNC1CCOC2(CCCC2)C1. The van der Waals surface area contributed by atoms with Crippen LogP contribution in [0.3, 0.4) is 0 Å². The van der Waals surface area contributed by atoms with Gasteiger partial charge < -0.3 is 14.6 Å². The second-order valence-corrected chi connectivity index (χ2v) is 5.76. The molecule has 4 nitrogen and oxygen atoms in total. The minimum atomic E-state index is 0.206. The second-order valence-electron chi connectivity index (χ2n) is 5.76. The number of aryl methyl sites for hydroxylation is 1. The molecule has 2 fully saturated rings. The van der Waals surface area contributed by atoms with Crippen LogP contribution in [0.4, 0.5) is 0 Å². The van der Waals surface area contributed by atoms with Crippen LogP contribution in [0.2, 0.25) is 0 Å². The Morgan fingerprint density at radius 3 is 3.06 bits per heavy atom. The highest BCUT2D eigenvalue weighted by Crippen LogP contribution is 2.39. The molecule has 0 bridgehead atoms. The van der Waals surface area contributed by atoms with Gasteiger partial charge in [-0.1, -0.05) is 12.8 Å². The predicted octanol–water partition coefficient (Wildman–Crippen LogP) is 2.00. The van der Waals surface area contributed by atoms with Gasteiger partial charge in [0.25, 0.3) is 0 Å². The predicted molar refractivity (Wildman–Crippen MR) is 70.2 cm³/mol. The molecule has 3 rings (SSSR count). The summed E-state index contributed by atoms with van der Waals surface area (Å²) in [6.45, 7) is 1.78. The summed E-state index contributed by atoms with van der Waals surface area (Å²) >= 11 is 0. The van der Waals surface area contributed by atoms with Crippen LogP contribution in [0.25, 0.3) is 0 Å². The lowest BCUT2D eigenvalue weighted by Gasteiger charge is -2.38. The summed E-state index contributed by atoms with van der Waals surface area (Å²) in [5.41, 5.74) is 0.206. The lowest BCUT2D eigenvalue weighted by Crippen LogP contribution is -2.45. The van der Waals surface area contributed by atoms with Crippen LogP contribution in [0.5, 0.6) is 0 Å². The maximum absolute atomic E-state index is 6.06. The zero-order valence-electron chi connectivity index (χ0n) is 11.2. The molecule has 1 aliphatic carbocycles. The third-order valence-corrected chi connectivity index (χ3v) is 4.48. The summed E-state index contributed by atoms with van der Waals surface area (Å²) in [6, 6.07) is 0.591. The normalized spacial score (nSPS) is 26.8. The Kier molecular flexibility index (Phi) is 3.39. The highest BCUT2D eigenvalue weighted by Gasteiger charge is 2.39. The lowest BCUT2D eigenvalue weighted by molar-refractivity contribution is -0.0838. The number of nitrogens with zero attached hydrogens (tertiary/aromatic N) is 2. The van der Waals surface area contributed by atoms with E-state index >= 15 is 0 Å². The first-order valence-electron chi connectivity index (χ1n) is 7.11. The summed E-state index contributed by atoms with van der Waals surface area (Å²) in [6.07, 6.45) is 11.4. The molecule has 2 heterocycles. The molecule has 2 aliphatic rings. The van der Waals surface area contributed by atoms with E-state index < -0.39 is 0 Å². The van der Waals surface area contributed by atoms with Crippen LogP contribution in [-0.2, 0) is 18.3 Å². The molecule has 1 aromatic rings. The van der Waals surface area contributed by atoms with Crippen molar-refractivity contribution in [2.75, 3.05) is 6.61 Å². The van der Waals surface area contributed by atoms with Gasteiger partial charge in [-0.3, -0.25) is 0 Å². The van der Waals surface area contributed by atoms with Gasteiger partial charge in [-0.25, -0.2) is 4.98 Å². The topological polar surface area (TPSA) is 39.1 Å². The lowest BCUT2D eigenvalue weighted by atomic mass is 9.89. The van der Waals surface area contributed by atoms with Crippen LogP contribution in [-0.4, -0.2) is 27.8 Å². The molecule has 1 unspecified atom stereocenters. The van der Waals surface area contributed by atoms with Crippen molar-refractivity contribution in [1.29, 1.82) is 0 Å². The molecule has 4 heteroatoms. The molecular weight excluding hydrogens is 226 g/mol. The van der Waals surface area contributed by atoms with E-state index in [0.717, 1.165) is 25.4 Å². The fourth-order valence-electron chi connectivity index (χ4n) is 3.37. The minimum Gasteiger partial charge on any atom is -0.375 e. The quantitative estimate of drug-likeness (QED) is 0.890. The third kappa shape index (κ3) is 2.45. The molecule has 1 N–H and O–H groups in total. The van der Waals surface area contributed by atoms with Crippen LogP contribution in [0.15, 0.2) is 12.4 Å². The van der Waals surface area contributed by atoms with E-state index in [9.17, 15) is 0 Å². The maximum Gasteiger partial charge on any atom is 0.122 e. The molecule has 1 atom stereocenters. The van der Waals surface area contributed by atoms with Crippen LogP contribution < -0.4 is 5.32 Å². The van der Waals surface area contributed by atoms with E-state index in [1.165, 1.54) is 32.1 Å². The molecule has 0 radical (unpaired) electrons. The average Bonchev–Trinajstić information content (AvgIpc) is 2.97. The first kappa shape index (κ1) is 12.2. The summed E-state index contributed by atoms with van der Waals surface area (Å²) in [5.74, 6) is 1.11. The van der Waals surface area contributed by atoms with E-state index in [4.69, 9.17) is 4.74 Å². The Morgan fingerprint density at radius 2 is 2.33 bits per heavy atom. The molecule has 0 aromatic carbocycles. The molecule has 1 saturated heterocycles. The molecule has 100 valence electrons. The summed E-state index contributed by atoms with van der Waals surface area (Å²) < 4.78 is 8.14. The van der Waals surface area contributed by atoms with Crippen molar-refractivity contribution in [3.63, 3.8) is 0 Å². The smallest absolute Gasteiger partial charge is 0.122 e. The van der Waals surface area contributed by atoms with Crippen molar-refractivity contribution in [1.82, 2.24) is 14.9 Å².